The van der Waals surface area contributed by atoms with Gasteiger partial charge in [0, 0.05) is 31.3 Å². The van der Waals surface area contributed by atoms with Crippen LogP contribution in [0, 0.1) is 0 Å². The van der Waals surface area contributed by atoms with E-state index in [0.717, 1.165) is 0 Å². The van der Waals surface area contributed by atoms with E-state index in [4.69, 9.17) is 9.47 Å². The Hall–Kier alpha value is -3.10. The van der Waals surface area contributed by atoms with Crippen LogP contribution in [-0.4, -0.2) is 42.6 Å². The van der Waals surface area contributed by atoms with E-state index in [-0.39, 0.29) is 18.9 Å². The van der Waals surface area contributed by atoms with Gasteiger partial charge in [0.05, 0.1) is 0 Å². The van der Waals surface area contributed by atoms with Crippen molar-refractivity contribution in [1.82, 2.24) is 5.32 Å². The van der Waals surface area contributed by atoms with Gasteiger partial charge >= 0.3 is 12.1 Å². The molecule has 9 heteroatoms. The van der Waals surface area contributed by atoms with Gasteiger partial charge in [-0.25, -0.2) is 4.79 Å². The second-order valence-corrected chi connectivity index (χ2v) is 7.00. The van der Waals surface area contributed by atoms with Gasteiger partial charge in [0.15, 0.2) is 6.61 Å². The lowest BCUT2D eigenvalue weighted by Gasteiger charge is -2.19. The number of benzene rings is 1. The number of amides is 3. The van der Waals surface area contributed by atoms with Crippen molar-refractivity contribution in [2.24, 2.45) is 0 Å². The van der Waals surface area contributed by atoms with Crippen molar-refractivity contribution < 1.29 is 28.7 Å². The standard InChI is InChI=1S/C19H27N3O6/c1-13(23)21-14-7-9-15(10-8-14)22-16(24)12-27-17(25)6-5-11-20-18(26)28-19(2,3)4/h7-10H,5-6,11-12H2,1-4H3,(H,20,26)(H,21,23)(H,22,24). The number of ether oxygens (including phenoxy) is 2. The molecule has 0 bridgehead atoms. The summed E-state index contributed by atoms with van der Waals surface area (Å²) in [6.45, 7) is 6.52. The summed E-state index contributed by atoms with van der Waals surface area (Å²) in [5.74, 6) is -1.21. The summed E-state index contributed by atoms with van der Waals surface area (Å²) < 4.78 is 9.95. The first-order valence-electron chi connectivity index (χ1n) is 8.85. The highest BCUT2D eigenvalue weighted by Gasteiger charge is 2.15. The third-order valence-electron chi connectivity index (χ3n) is 3.08. The number of rotatable bonds is 8. The number of esters is 1. The Morgan fingerprint density at radius 3 is 2.07 bits per heavy atom. The van der Waals surface area contributed by atoms with Crippen molar-refractivity contribution in [2.45, 2.75) is 46.1 Å². The zero-order valence-corrected chi connectivity index (χ0v) is 16.6. The molecule has 0 spiro atoms. The number of carbonyl (C=O) groups is 4. The topological polar surface area (TPSA) is 123 Å². The lowest BCUT2D eigenvalue weighted by Crippen LogP contribution is -2.33. The summed E-state index contributed by atoms with van der Waals surface area (Å²) in [5, 5.41) is 7.73. The molecule has 3 N–H and O–H groups in total. The van der Waals surface area contributed by atoms with E-state index in [2.05, 4.69) is 16.0 Å². The van der Waals surface area contributed by atoms with E-state index in [9.17, 15) is 19.2 Å². The normalized spacial score (nSPS) is 10.6. The summed E-state index contributed by atoms with van der Waals surface area (Å²) in [5.41, 5.74) is 0.536. The number of anilines is 2. The fourth-order valence-electron chi connectivity index (χ4n) is 1.99. The Morgan fingerprint density at radius 1 is 0.964 bits per heavy atom. The van der Waals surface area contributed by atoms with Crippen molar-refractivity contribution in [3.05, 3.63) is 24.3 Å². The van der Waals surface area contributed by atoms with E-state index in [1.54, 1.807) is 45.0 Å². The van der Waals surface area contributed by atoms with Crippen LogP contribution in [0.1, 0.15) is 40.5 Å². The molecule has 28 heavy (non-hydrogen) atoms. The first kappa shape index (κ1) is 22.9. The minimum Gasteiger partial charge on any atom is -0.456 e. The second-order valence-electron chi connectivity index (χ2n) is 7.00. The number of nitrogens with one attached hydrogen (secondary N) is 3. The fraction of sp³-hybridized carbons (Fsp3) is 0.474. The molecule has 0 fully saturated rings. The summed E-state index contributed by atoms with van der Waals surface area (Å²) in [6.07, 6.45) is -0.122. The highest BCUT2D eigenvalue weighted by atomic mass is 16.6. The predicted octanol–water partition coefficient (Wildman–Crippen LogP) is 2.43. The molecule has 0 aliphatic carbocycles. The molecular formula is C19H27N3O6. The van der Waals surface area contributed by atoms with Crippen LogP contribution < -0.4 is 16.0 Å². The molecule has 0 aromatic heterocycles. The van der Waals surface area contributed by atoms with Gasteiger partial charge in [-0.3, -0.25) is 14.4 Å². The molecule has 0 unspecified atom stereocenters. The van der Waals surface area contributed by atoms with Gasteiger partial charge in [0.25, 0.3) is 5.91 Å². The Kier molecular flexibility index (Phi) is 8.94. The van der Waals surface area contributed by atoms with Crippen LogP contribution in [0.25, 0.3) is 0 Å². The van der Waals surface area contributed by atoms with Gasteiger partial charge in [-0.1, -0.05) is 0 Å². The quantitative estimate of drug-likeness (QED) is 0.460. The Labute approximate surface area is 164 Å². The third-order valence-corrected chi connectivity index (χ3v) is 3.08. The van der Waals surface area contributed by atoms with E-state index in [1.165, 1.54) is 6.92 Å². The highest BCUT2D eigenvalue weighted by molar-refractivity contribution is 5.93. The van der Waals surface area contributed by atoms with E-state index >= 15 is 0 Å². The molecule has 9 nitrogen and oxygen atoms in total. The number of hydrogen-bond donors (Lipinski definition) is 3. The first-order chi connectivity index (χ1) is 13.0. The summed E-state index contributed by atoms with van der Waals surface area (Å²) in [7, 11) is 0. The van der Waals surface area contributed by atoms with Crippen molar-refractivity contribution in [1.29, 1.82) is 0 Å². The van der Waals surface area contributed by atoms with Crippen LogP contribution in [-0.2, 0) is 23.9 Å². The minimum atomic E-state index is -0.583. The summed E-state index contributed by atoms with van der Waals surface area (Å²) >= 11 is 0. The molecule has 154 valence electrons. The fourth-order valence-corrected chi connectivity index (χ4v) is 1.99. The van der Waals surface area contributed by atoms with Gasteiger partial charge in [-0.05, 0) is 51.5 Å². The SMILES string of the molecule is CC(=O)Nc1ccc(NC(=O)COC(=O)CCCNC(=O)OC(C)(C)C)cc1. The lowest BCUT2D eigenvalue weighted by atomic mass is 10.2. The van der Waals surface area contributed by atoms with Crippen LogP contribution in [0.4, 0.5) is 16.2 Å². The average Bonchev–Trinajstić information content (AvgIpc) is 2.56. The van der Waals surface area contributed by atoms with Gasteiger partial charge < -0.3 is 25.4 Å². The second kappa shape index (κ2) is 10.9. The van der Waals surface area contributed by atoms with Crippen LogP contribution in [0.2, 0.25) is 0 Å². The number of alkyl carbamates (subject to hydrolysis) is 1. The summed E-state index contributed by atoms with van der Waals surface area (Å²) in [4.78, 5) is 45.8. The average molecular weight is 393 g/mol. The highest BCUT2D eigenvalue weighted by Crippen LogP contribution is 2.13. The monoisotopic (exact) mass is 393 g/mol. The summed E-state index contributed by atoms with van der Waals surface area (Å²) in [6, 6.07) is 6.52. The van der Waals surface area contributed by atoms with Crippen molar-refractivity contribution in [3.63, 3.8) is 0 Å². The van der Waals surface area contributed by atoms with Gasteiger partial charge in [0.2, 0.25) is 5.91 Å². The van der Waals surface area contributed by atoms with Crippen molar-refractivity contribution >= 4 is 35.3 Å². The van der Waals surface area contributed by atoms with E-state index in [0.29, 0.717) is 17.8 Å². The predicted molar refractivity (Wildman–Crippen MR) is 104 cm³/mol. The first-order valence-corrected chi connectivity index (χ1v) is 8.85. The smallest absolute Gasteiger partial charge is 0.407 e. The van der Waals surface area contributed by atoms with Crippen LogP contribution in [0.5, 0.6) is 0 Å². The molecular weight excluding hydrogens is 366 g/mol. The minimum absolute atomic E-state index is 0.0640. The molecule has 1 rings (SSSR count). The zero-order chi connectivity index (χ0) is 21.2. The maximum Gasteiger partial charge on any atom is 0.407 e. The molecule has 1 aromatic rings. The van der Waals surface area contributed by atoms with Gasteiger partial charge in [-0.2, -0.15) is 0 Å². The van der Waals surface area contributed by atoms with Crippen molar-refractivity contribution in [3.8, 4) is 0 Å². The molecule has 0 aliphatic heterocycles. The van der Waals surface area contributed by atoms with Gasteiger partial charge in [0.1, 0.15) is 5.60 Å². The molecule has 0 saturated heterocycles. The maximum atomic E-state index is 11.8. The molecule has 0 saturated carbocycles. The maximum absolute atomic E-state index is 11.8. The zero-order valence-electron chi connectivity index (χ0n) is 16.6. The van der Waals surface area contributed by atoms with Gasteiger partial charge in [-0.15, -0.1) is 0 Å². The van der Waals surface area contributed by atoms with E-state index in [1.807, 2.05) is 0 Å². The molecule has 1 aromatic carbocycles. The number of carbonyl (C=O) groups excluding carboxylic acids is 4. The molecule has 3 amide bonds. The Balaban J connectivity index is 2.21. The van der Waals surface area contributed by atoms with Crippen LogP contribution in [0.3, 0.4) is 0 Å². The molecule has 0 aliphatic rings. The molecule has 0 radical (unpaired) electrons. The number of hydrogen-bond acceptors (Lipinski definition) is 6. The third kappa shape index (κ3) is 10.8. The molecule has 0 atom stereocenters. The van der Waals surface area contributed by atoms with Crippen molar-refractivity contribution in [2.75, 3.05) is 23.8 Å². The Morgan fingerprint density at radius 2 is 1.54 bits per heavy atom. The van der Waals surface area contributed by atoms with E-state index < -0.39 is 30.2 Å². The Bertz CT molecular complexity index is 695. The van der Waals surface area contributed by atoms with Crippen LogP contribution in [0.15, 0.2) is 24.3 Å². The largest absolute Gasteiger partial charge is 0.456 e. The van der Waals surface area contributed by atoms with Crippen LogP contribution >= 0.6 is 0 Å². The lowest BCUT2D eigenvalue weighted by molar-refractivity contribution is -0.147. The molecule has 0 heterocycles.